The molecule has 360 valence electrons. The van der Waals surface area contributed by atoms with Crippen LogP contribution in [0.15, 0.2) is 42.9 Å². The third-order valence-electron chi connectivity index (χ3n) is 14.9. The molecule has 5 aliphatic rings. The summed E-state index contributed by atoms with van der Waals surface area (Å²) in [5.41, 5.74) is 2.16. The van der Waals surface area contributed by atoms with E-state index in [1.807, 2.05) is 31.2 Å². The largest absolute Gasteiger partial charge is 0.362 e. The number of para-hydroxylation sites is 1. The quantitative estimate of drug-likeness (QED) is 0.113. The highest BCUT2D eigenvalue weighted by Gasteiger charge is 2.37. The summed E-state index contributed by atoms with van der Waals surface area (Å²) >= 11 is 0. The van der Waals surface area contributed by atoms with Crippen LogP contribution in [0.1, 0.15) is 110 Å². The van der Waals surface area contributed by atoms with Crippen LogP contribution in [-0.2, 0) is 21.4 Å². The highest BCUT2D eigenvalue weighted by Crippen LogP contribution is 2.37. The van der Waals surface area contributed by atoms with Crippen molar-refractivity contribution in [2.45, 2.75) is 95.4 Å². The molecule has 8 heterocycles. The van der Waals surface area contributed by atoms with Gasteiger partial charge < -0.3 is 19.9 Å². The molecule has 4 aromatic heterocycles. The van der Waals surface area contributed by atoms with E-state index < -0.39 is 36.2 Å². The standard InChI is InChI=1S/C49H59F3N12O4/c1-30-25-61(28-38(50)45(30)68-23-4-7-33-6-3-8-35-42(57-59(2)44(33)35)36-13-14-41(65)56-48(36)66)27-31-9-11-34(12-10-31)64-29-39(43(58-64)46(51)52)54-49(67)37-24-53-63-22-17-40(55-47(37)63)62-20-15-32(16-21-62)26-60-18-5-19-60/h3,6,8,17,22,24,29-32,34,36,38,45-46H,5,9-16,18-21,23,25-28H2,1-2H3,(H,54,67)(H,56,65,66)/t30?,31?,34?,36?,38-,45+/m1/s1. The molecule has 0 bridgehead atoms. The van der Waals surface area contributed by atoms with E-state index in [-0.39, 0.29) is 54.6 Å². The zero-order valence-corrected chi connectivity index (χ0v) is 38.6. The number of anilines is 2. The van der Waals surface area contributed by atoms with E-state index in [4.69, 9.17) is 9.72 Å². The molecule has 1 aliphatic carbocycles. The number of aromatic nitrogens is 7. The van der Waals surface area contributed by atoms with Gasteiger partial charge in [-0.15, -0.1) is 0 Å². The maximum atomic E-state index is 15.8. The molecule has 4 atom stereocenters. The lowest BCUT2D eigenvalue weighted by molar-refractivity contribution is -0.134. The number of imide groups is 1. The number of aryl methyl sites for hydroxylation is 1. The van der Waals surface area contributed by atoms with E-state index in [0.717, 1.165) is 81.4 Å². The molecule has 68 heavy (non-hydrogen) atoms. The predicted molar refractivity (Wildman–Crippen MR) is 248 cm³/mol. The Balaban J connectivity index is 0.705. The molecule has 1 saturated carbocycles. The van der Waals surface area contributed by atoms with Gasteiger partial charge in [-0.05, 0) is 94.3 Å². The molecule has 16 nitrogen and oxygen atoms in total. The van der Waals surface area contributed by atoms with Crippen molar-refractivity contribution in [2.75, 3.05) is 69.2 Å². The summed E-state index contributed by atoms with van der Waals surface area (Å²) < 4.78 is 55.4. The lowest BCUT2D eigenvalue weighted by Gasteiger charge is -2.41. The maximum Gasteiger partial charge on any atom is 0.284 e. The molecule has 3 amide bonds. The molecular weight excluding hydrogens is 878 g/mol. The Morgan fingerprint density at radius 1 is 0.971 bits per heavy atom. The summed E-state index contributed by atoms with van der Waals surface area (Å²) in [5, 5.41) is 19.2. The highest BCUT2D eigenvalue weighted by atomic mass is 19.3. The van der Waals surface area contributed by atoms with Gasteiger partial charge in [0.25, 0.3) is 12.3 Å². The Morgan fingerprint density at radius 3 is 2.49 bits per heavy atom. The van der Waals surface area contributed by atoms with Gasteiger partial charge in [-0.3, -0.25) is 34.0 Å². The first-order valence-electron chi connectivity index (χ1n) is 24.2. The normalized spacial score (nSPS) is 25.4. The van der Waals surface area contributed by atoms with Crippen molar-refractivity contribution in [3.63, 3.8) is 0 Å². The van der Waals surface area contributed by atoms with Crippen LogP contribution >= 0.6 is 0 Å². The van der Waals surface area contributed by atoms with Gasteiger partial charge in [-0.25, -0.2) is 22.7 Å². The van der Waals surface area contributed by atoms with Gasteiger partial charge in [0.15, 0.2) is 11.3 Å². The number of piperidine rings is 3. The number of ether oxygens (including phenoxy) is 1. The van der Waals surface area contributed by atoms with Crippen molar-refractivity contribution in [1.29, 1.82) is 0 Å². The van der Waals surface area contributed by atoms with Crippen LogP contribution in [0.25, 0.3) is 16.6 Å². The van der Waals surface area contributed by atoms with Gasteiger partial charge in [-0.2, -0.15) is 15.3 Å². The predicted octanol–water partition coefficient (Wildman–Crippen LogP) is 5.90. The minimum atomic E-state index is -2.89. The summed E-state index contributed by atoms with van der Waals surface area (Å²) in [6.07, 6.45) is 7.24. The number of alkyl halides is 3. The van der Waals surface area contributed by atoms with Gasteiger partial charge in [-0.1, -0.05) is 30.9 Å². The smallest absolute Gasteiger partial charge is 0.284 e. The third kappa shape index (κ3) is 9.59. The second kappa shape index (κ2) is 19.6. The average Bonchev–Trinajstić information content (AvgIpc) is 4.03. The Morgan fingerprint density at radius 2 is 1.75 bits per heavy atom. The molecule has 10 rings (SSSR count). The molecule has 4 saturated heterocycles. The van der Waals surface area contributed by atoms with E-state index >= 15 is 4.39 Å². The molecule has 2 N–H and O–H groups in total. The molecule has 19 heteroatoms. The van der Waals surface area contributed by atoms with E-state index in [9.17, 15) is 23.2 Å². The summed E-state index contributed by atoms with van der Waals surface area (Å²) in [5.74, 6) is 6.20. The van der Waals surface area contributed by atoms with Crippen molar-refractivity contribution in [1.82, 2.24) is 49.3 Å². The van der Waals surface area contributed by atoms with E-state index in [1.165, 1.54) is 36.4 Å². The zero-order chi connectivity index (χ0) is 47.1. The number of carbonyl (C=O) groups is 3. The Kier molecular flexibility index (Phi) is 13.3. The van der Waals surface area contributed by atoms with Gasteiger partial charge in [0.2, 0.25) is 11.8 Å². The van der Waals surface area contributed by atoms with Crippen LogP contribution in [0.2, 0.25) is 0 Å². The van der Waals surface area contributed by atoms with E-state index in [1.54, 1.807) is 22.6 Å². The molecule has 5 aromatic rings. The van der Waals surface area contributed by atoms with Crippen LogP contribution in [0.4, 0.5) is 24.7 Å². The van der Waals surface area contributed by atoms with Crippen molar-refractivity contribution in [3.05, 3.63) is 65.4 Å². The number of rotatable bonds is 12. The summed E-state index contributed by atoms with van der Waals surface area (Å²) in [4.78, 5) is 49.7. The van der Waals surface area contributed by atoms with Crippen LogP contribution in [0, 0.1) is 29.6 Å². The number of benzene rings is 1. The topological polar surface area (TPSA) is 160 Å². The van der Waals surface area contributed by atoms with Crippen LogP contribution in [0.3, 0.4) is 0 Å². The van der Waals surface area contributed by atoms with Gasteiger partial charge in [0, 0.05) is 70.5 Å². The summed E-state index contributed by atoms with van der Waals surface area (Å²) in [7, 11) is 1.80. The van der Waals surface area contributed by atoms with Gasteiger partial charge in [0.05, 0.1) is 46.7 Å². The number of carbonyl (C=O) groups excluding carboxylic acids is 3. The van der Waals surface area contributed by atoms with Crippen molar-refractivity contribution < 1.29 is 32.3 Å². The molecule has 0 spiro atoms. The van der Waals surface area contributed by atoms with Crippen molar-refractivity contribution in [2.24, 2.45) is 24.8 Å². The number of hydrogen-bond acceptors (Lipinski definition) is 11. The number of halogens is 3. The maximum absolute atomic E-state index is 15.8. The average molecular weight is 937 g/mol. The van der Waals surface area contributed by atoms with Crippen molar-refractivity contribution in [3.8, 4) is 11.8 Å². The Bertz CT molecular complexity index is 2710. The number of hydrogen-bond donors (Lipinski definition) is 2. The van der Waals surface area contributed by atoms with E-state index in [0.29, 0.717) is 41.7 Å². The van der Waals surface area contributed by atoms with Gasteiger partial charge >= 0.3 is 0 Å². The minimum Gasteiger partial charge on any atom is -0.362 e. The monoisotopic (exact) mass is 936 g/mol. The number of likely N-dealkylation sites (tertiary alicyclic amines) is 2. The summed E-state index contributed by atoms with van der Waals surface area (Å²) in [6, 6.07) is 7.42. The zero-order valence-electron chi connectivity index (χ0n) is 38.6. The number of nitrogens with one attached hydrogen (secondary N) is 2. The minimum absolute atomic E-state index is 0.0302. The van der Waals surface area contributed by atoms with E-state index in [2.05, 4.69) is 52.5 Å². The highest BCUT2D eigenvalue weighted by molar-refractivity contribution is 6.08. The fourth-order valence-electron chi connectivity index (χ4n) is 11.1. The first-order valence-corrected chi connectivity index (χ1v) is 24.2. The number of amides is 3. The second-order valence-corrected chi connectivity index (χ2v) is 19.5. The molecule has 1 aromatic carbocycles. The lowest BCUT2D eigenvalue weighted by atomic mass is 9.85. The SMILES string of the molecule is CC1CN(CC2CCC(n3cc(NC(=O)c4cnn5ccc(N6CCC(CN7CCC7)CC6)nc45)c(C(F)F)n3)CC2)C[C@@H](F)[C@H]1OCC#Cc1cccc2c(C3CCC(=O)NC3=O)nn(C)c12. The lowest BCUT2D eigenvalue weighted by Crippen LogP contribution is -2.52. The van der Waals surface area contributed by atoms with Gasteiger partial charge in [0.1, 0.15) is 24.2 Å². The molecule has 2 unspecified atom stereocenters. The molecule has 5 fully saturated rings. The molecular formula is C49H59F3N12O4. The fraction of sp³-hybridized carbons (Fsp3) is 0.571. The van der Waals surface area contributed by atoms with Crippen molar-refractivity contribution >= 4 is 45.8 Å². The number of nitrogens with zero attached hydrogens (tertiary/aromatic N) is 10. The Hall–Kier alpha value is -5.84. The third-order valence-corrected chi connectivity index (χ3v) is 14.9. The first kappa shape index (κ1) is 45.9. The van der Waals surface area contributed by atoms with Crippen LogP contribution < -0.4 is 15.5 Å². The van der Waals surface area contributed by atoms with Crippen LogP contribution in [-0.4, -0.2) is 133 Å². The first-order chi connectivity index (χ1) is 32.9. The molecule has 4 aliphatic heterocycles. The van der Waals surface area contributed by atoms with Crippen LogP contribution in [0.5, 0.6) is 0 Å². The fourth-order valence-corrected chi connectivity index (χ4v) is 11.1. The second-order valence-electron chi connectivity index (χ2n) is 19.5. The molecule has 0 radical (unpaired) electrons. The summed E-state index contributed by atoms with van der Waals surface area (Å²) in [6.45, 7) is 9.02. The Labute approximate surface area is 392 Å². The number of fused-ring (bicyclic) bond motifs is 2.